The third-order valence-electron chi connectivity index (χ3n) is 4.60. The zero-order valence-corrected chi connectivity index (χ0v) is 12.4. The maximum Gasteiger partial charge on any atom is 0.319 e. The lowest BCUT2D eigenvalue weighted by molar-refractivity contribution is -0.137. The number of hydrogen-bond donors (Lipinski definition) is 1. The first-order valence-electron chi connectivity index (χ1n) is 7.41. The SMILES string of the molecule is CN(CCC(=O)O)C(=O)N1CCC2C(CCCN2C)C1. The molecule has 0 aliphatic carbocycles. The number of carboxylic acids is 1. The van der Waals surface area contributed by atoms with Crippen molar-refractivity contribution in [3.63, 3.8) is 0 Å². The van der Waals surface area contributed by atoms with E-state index in [2.05, 4.69) is 11.9 Å². The van der Waals surface area contributed by atoms with E-state index in [1.807, 2.05) is 4.90 Å². The van der Waals surface area contributed by atoms with Crippen LogP contribution in [0.3, 0.4) is 0 Å². The van der Waals surface area contributed by atoms with Gasteiger partial charge in [0.1, 0.15) is 0 Å². The minimum atomic E-state index is -0.864. The topological polar surface area (TPSA) is 64.1 Å². The lowest BCUT2D eigenvalue weighted by atomic mass is 9.84. The van der Waals surface area contributed by atoms with Crippen molar-refractivity contribution in [1.82, 2.24) is 14.7 Å². The molecule has 0 radical (unpaired) electrons. The third-order valence-corrected chi connectivity index (χ3v) is 4.60. The second-order valence-electron chi connectivity index (χ2n) is 6.03. The van der Waals surface area contributed by atoms with Crippen LogP contribution in [-0.4, -0.2) is 78.1 Å². The van der Waals surface area contributed by atoms with E-state index in [1.165, 1.54) is 17.7 Å². The monoisotopic (exact) mass is 283 g/mol. The number of amides is 2. The first kappa shape index (κ1) is 15.1. The molecule has 1 N–H and O–H groups in total. The maximum atomic E-state index is 12.3. The van der Waals surface area contributed by atoms with Gasteiger partial charge in [-0.05, 0) is 38.8 Å². The summed E-state index contributed by atoms with van der Waals surface area (Å²) in [5.41, 5.74) is 0. The van der Waals surface area contributed by atoms with Gasteiger partial charge in [-0.25, -0.2) is 4.79 Å². The van der Waals surface area contributed by atoms with Crippen LogP contribution in [0.4, 0.5) is 4.79 Å². The van der Waals surface area contributed by atoms with Crippen molar-refractivity contribution >= 4 is 12.0 Å². The Morgan fingerprint density at radius 2 is 2.05 bits per heavy atom. The number of carbonyl (C=O) groups excluding carboxylic acids is 1. The number of carbonyl (C=O) groups is 2. The van der Waals surface area contributed by atoms with E-state index in [4.69, 9.17) is 5.11 Å². The number of nitrogens with zero attached hydrogens (tertiary/aromatic N) is 3. The van der Waals surface area contributed by atoms with Gasteiger partial charge in [-0.2, -0.15) is 0 Å². The summed E-state index contributed by atoms with van der Waals surface area (Å²) in [6.07, 6.45) is 3.43. The molecule has 20 heavy (non-hydrogen) atoms. The predicted molar refractivity (Wildman–Crippen MR) is 75.6 cm³/mol. The van der Waals surface area contributed by atoms with E-state index >= 15 is 0 Å². The Kier molecular flexibility index (Phi) is 4.86. The highest BCUT2D eigenvalue weighted by Crippen LogP contribution is 2.29. The molecule has 2 rings (SSSR count). The number of urea groups is 1. The smallest absolute Gasteiger partial charge is 0.319 e. The van der Waals surface area contributed by atoms with Gasteiger partial charge in [0.05, 0.1) is 6.42 Å². The second kappa shape index (κ2) is 6.43. The molecule has 0 aromatic rings. The summed E-state index contributed by atoms with van der Waals surface area (Å²) < 4.78 is 0. The molecule has 2 unspecified atom stereocenters. The number of hydrogen-bond acceptors (Lipinski definition) is 3. The second-order valence-corrected chi connectivity index (χ2v) is 6.03. The fourth-order valence-electron chi connectivity index (χ4n) is 3.43. The van der Waals surface area contributed by atoms with Crippen molar-refractivity contribution in [1.29, 1.82) is 0 Å². The summed E-state index contributed by atoms with van der Waals surface area (Å²) in [6.45, 7) is 3.03. The first-order chi connectivity index (χ1) is 9.49. The Balaban J connectivity index is 1.87. The van der Waals surface area contributed by atoms with Gasteiger partial charge in [0.25, 0.3) is 0 Å². The summed E-state index contributed by atoms with van der Waals surface area (Å²) >= 11 is 0. The molecule has 0 bridgehead atoms. The van der Waals surface area contributed by atoms with Crippen LogP contribution in [0.15, 0.2) is 0 Å². The molecule has 2 amide bonds. The molecule has 0 spiro atoms. The Labute approximate surface area is 120 Å². The van der Waals surface area contributed by atoms with Crippen molar-refractivity contribution in [2.24, 2.45) is 5.92 Å². The molecule has 2 aliphatic heterocycles. The van der Waals surface area contributed by atoms with E-state index in [9.17, 15) is 9.59 Å². The first-order valence-corrected chi connectivity index (χ1v) is 7.41. The summed E-state index contributed by atoms with van der Waals surface area (Å²) in [5.74, 6) is -0.295. The molecule has 0 aromatic heterocycles. The molecule has 2 heterocycles. The number of carboxylic acid groups (broad SMARTS) is 1. The minimum Gasteiger partial charge on any atom is -0.481 e. The van der Waals surface area contributed by atoms with E-state index < -0.39 is 5.97 Å². The normalized spacial score (nSPS) is 27.0. The van der Waals surface area contributed by atoms with Gasteiger partial charge in [0, 0.05) is 32.7 Å². The highest BCUT2D eigenvalue weighted by molar-refractivity contribution is 5.75. The standard InChI is InChI=1S/C14H25N3O3/c1-15-7-3-4-11-10-17(9-5-12(11)15)14(20)16(2)8-6-13(18)19/h11-12H,3-10H2,1-2H3,(H,18,19). The van der Waals surface area contributed by atoms with Gasteiger partial charge < -0.3 is 19.8 Å². The molecule has 2 fully saturated rings. The Morgan fingerprint density at radius 3 is 2.75 bits per heavy atom. The molecule has 6 heteroatoms. The molecule has 2 atom stereocenters. The fourth-order valence-corrected chi connectivity index (χ4v) is 3.43. The number of likely N-dealkylation sites (tertiary alicyclic amines) is 2. The molecular weight excluding hydrogens is 258 g/mol. The summed E-state index contributed by atoms with van der Waals surface area (Å²) in [5, 5.41) is 8.68. The van der Waals surface area contributed by atoms with Gasteiger partial charge in [-0.3, -0.25) is 4.79 Å². The number of aliphatic carboxylic acids is 1. The molecular formula is C14H25N3O3. The van der Waals surface area contributed by atoms with Gasteiger partial charge in [0.2, 0.25) is 0 Å². The molecule has 114 valence electrons. The molecule has 2 aliphatic rings. The highest BCUT2D eigenvalue weighted by Gasteiger charge is 2.36. The van der Waals surface area contributed by atoms with Crippen LogP contribution in [0, 0.1) is 5.92 Å². The van der Waals surface area contributed by atoms with Gasteiger partial charge in [0.15, 0.2) is 0 Å². The van der Waals surface area contributed by atoms with Crippen LogP contribution < -0.4 is 0 Å². The maximum absolute atomic E-state index is 12.3. The lowest BCUT2D eigenvalue weighted by Gasteiger charge is -2.46. The van der Waals surface area contributed by atoms with Crippen LogP contribution in [0.1, 0.15) is 25.7 Å². The zero-order chi connectivity index (χ0) is 14.7. The summed E-state index contributed by atoms with van der Waals surface area (Å²) in [6, 6.07) is 0.579. The van der Waals surface area contributed by atoms with Crippen molar-refractivity contribution in [3.05, 3.63) is 0 Å². The highest BCUT2D eigenvalue weighted by atomic mass is 16.4. The summed E-state index contributed by atoms with van der Waals surface area (Å²) in [7, 11) is 3.86. The Hall–Kier alpha value is -1.30. The average molecular weight is 283 g/mol. The Morgan fingerprint density at radius 1 is 1.30 bits per heavy atom. The molecule has 2 saturated heterocycles. The Bertz CT molecular complexity index is 375. The molecule has 0 saturated carbocycles. The van der Waals surface area contributed by atoms with Crippen molar-refractivity contribution in [3.8, 4) is 0 Å². The van der Waals surface area contributed by atoms with Crippen molar-refractivity contribution in [2.45, 2.75) is 31.7 Å². The van der Waals surface area contributed by atoms with Crippen LogP contribution in [0.2, 0.25) is 0 Å². The number of fused-ring (bicyclic) bond motifs is 1. The van der Waals surface area contributed by atoms with Gasteiger partial charge >= 0.3 is 12.0 Å². The van der Waals surface area contributed by atoms with E-state index in [1.54, 1.807) is 7.05 Å². The van der Waals surface area contributed by atoms with E-state index in [-0.39, 0.29) is 19.0 Å². The van der Waals surface area contributed by atoms with Crippen LogP contribution in [0.25, 0.3) is 0 Å². The number of piperidine rings is 2. The lowest BCUT2D eigenvalue weighted by Crippen LogP contribution is -2.55. The van der Waals surface area contributed by atoms with Crippen molar-refractivity contribution in [2.75, 3.05) is 40.3 Å². The largest absolute Gasteiger partial charge is 0.481 e. The van der Waals surface area contributed by atoms with Crippen LogP contribution >= 0.6 is 0 Å². The quantitative estimate of drug-likeness (QED) is 0.837. The van der Waals surface area contributed by atoms with Crippen LogP contribution in [0.5, 0.6) is 0 Å². The molecule has 6 nitrogen and oxygen atoms in total. The number of rotatable bonds is 3. The van der Waals surface area contributed by atoms with Crippen LogP contribution in [-0.2, 0) is 4.79 Å². The summed E-state index contributed by atoms with van der Waals surface area (Å²) in [4.78, 5) is 28.7. The van der Waals surface area contributed by atoms with Gasteiger partial charge in [-0.15, -0.1) is 0 Å². The predicted octanol–water partition coefficient (Wildman–Crippen LogP) is 0.929. The molecule has 0 aromatic carbocycles. The van der Waals surface area contributed by atoms with E-state index in [0.29, 0.717) is 12.0 Å². The third kappa shape index (κ3) is 3.42. The minimum absolute atomic E-state index is 0.00483. The van der Waals surface area contributed by atoms with Gasteiger partial charge in [-0.1, -0.05) is 0 Å². The zero-order valence-electron chi connectivity index (χ0n) is 12.4. The fraction of sp³-hybridized carbons (Fsp3) is 0.857. The van der Waals surface area contributed by atoms with E-state index in [0.717, 1.165) is 26.1 Å². The average Bonchev–Trinajstić information content (AvgIpc) is 2.43. The van der Waals surface area contributed by atoms with Crippen molar-refractivity contribution < 1.29 is 14.7 Å².